The van der Waals surface area contributed by atoms with Crippen LogP contribution in [-0.4, -0.2) is 36.4 Å². The van der Waals surface area contributed by atoms with Gasteiger partial charge in [-0.25, -0.2) is 0 Å². The summed E-state index contributed by atoms with van der Waals surface area (Å²) in [5.74, 6) is 5.85. The molecule has 0 amide bonds. The van der Waals surface area contributed by atoms with Crippen molar-refractivity contribution in [3.05, 3.63) is 35.9 Å². The summed E-state index contributed by atoms with van der Waals surface area (Å²) in [5.41, 5.74) is -0.719. The summed E-state index contributed by atoms with van der Waals surface area (Å²) in [7, 11) is 3.93. The second kappa shape index (κ2) is 11.1. The highest BCUT2D eigenvalue weighted by atomic mass is 16.3. The highest BCUT2D eigenvalue weighted by Gasteiger charge is 2.41. The maximum Gasteiger partial charge on any atom is 0.170 e. The third-order valence-electron chi connectivity index (χ3n) is 4.59. The van der Waals surface area contributed by atoms with Crippen molar-refractivity contribution in [2.45, 2.75) is 58.0 Å². The fraction of sp³-hybridized carbons (Fsp3) is 0.591. The summed E-state index contributed by atoms with van der Waals surface area (Å²) < 4.78 is 0. The van der Waals surface area contributed by atoms with Crippen LogP contribution in [0.15, 0.2) is 30.3 Å². The maximum absolute atomic E-state index is 12.9. The molecule has 25 heavy (non-hydrogen) atoms. The Bertz CT molecular complexity index is 571. The minimum Gasteiger partial charge on any atom is -0.377 e. The van der Waals surface area contributed by atoms with E-state index < -0.39 is 5.60 Å². The summed E-state index contributed by atoms with van der Waals surface area (Å²) in [5, 5.41) is 11.4. The number of benzene rings is 1. The Morgan fingerprint density at radius 2 is 1.88 bits per heavy atom. The van der Waals surface area contributed by atoms with E-state index >= 15 is 0 Å². The Morgan fingerprint density at radius 3 is 2.48 bits per heavy atom. The Morgan fingerprint density at radius 1 is 1.20 bits per heavy atom. The third-order valence-corrected chi connectivity index (χ3v) is 4.59. The largest absolute Gasteiger partial charge is 0.377 e. The van der Waals surface area contributed by atoms with Crippen molar-refractivity contribution >= 4 is 5.78 Å². The molecule has 1 N–H and O–H groups in total. The van der Waals surface area contributed by atoms with E-state index in [4.69, 9.17) is 0 Å². The van der Waals surface area contributed by atoms with Crippen LogP contribution in [-0.2, 0) is 10.4 Å². The minimum atomic E-state index is -1.42. The van der Waals surface area contributed by atoms with E-state index in [9.17, 15) is 9.90 Å². The van der Waals surface area contributed by atoms with Gasteiger partial charge in [0.2, 0.25) is 0 Å². The lowest BCUT2D eigenvalue weighted by molar-refractivity contribution is -0.144. The number of Topliss-reactive ketones (excluding diaryl/α,β-unsaturated/α-hetero) is 1. The number of ketones is 1. The van der Waals surface area contributed by atoms with E-state index in [1.165, 1.54) is 0 Å². The molecule has 1 aromatic carbocycles. The molecule has 0 aliphatic carbocycles. The standard InChI is InChI=1S/C22H33NO2/c1-5-6-9-14-19(2)22(25,20-15-10-7-11-16-20)21(24)17-12-8-13-18-23(3)4/h7,10-11,15-16,19,25H,5-6,9,12,14,17-18H2,1-4H3. The smallest absolute Gasteiger partial charge is 0.170 e. The van der Waals surface area contributed by atoms with Gasteiger partial charge in [0.1, 0.15) is 0 Å². The van der Waals surface area contributed by atoms with E-state index in [1.807, 2.05) is 56.3 Å². The Balaban J connectivity index is 2.86. The minimum absolute atomic E-state index is 0.108. The van der Waals surface area contributed by atoms with Crippen LogP contribution < -0.4 is 0 Å². The number of hydrogen-bond donors (Lipinski definition) is 1. The number of nitrogens with zero attached hydrogens (tertiary/aromatic N) is 1. The van der Waals surface area contributed by atoms with Gasteiger partial charge in [0.05, 0.1) is 6.54 Å². The van der Waals surface area contributed by atoms with Crippen LogP contribution in [0, 0.1) is 17.8 Å². The molecule has 0 saturated carbocycles. The van der Waals surface area contributed by atoms with Crippen LogP contribution >= 0.6 is 0 Å². The fourth-order valence-corrected chi connectivity index (χ4v) is 2.99. The lowest BCUT2D eigenvalue weighted by Gasteiger charge is -2.33. The van der Waals surface area contributed by atoms with E-state index in [1.54, 1.807) is 0 Å². The molecule has 1 rings (SSSR count). The van der Waals surface area contributed by atoms with Crippen molar-refractivity contribution in [1.29, 1.82) is 0 Å². The molecule has 1 aromatic rings. The predicted molar refractivity (Wildman–Crippen MR) is 104 cm³/mol. The van der Waals surface area contributed by atoms with Crippen molar-refractivity contribution in [2.24, 2.45) is 5.92 Å². The van der Waals surface area contributed by atoms with Crippen LogP contribution in [0.1, 0.15) is 57.9 Å². The van der Waals surface area contributed by atoms with Crippen molar-refractivity contribution < 1.29 is 9.90 Å². The average Bonchev–Trinajstić information content (AvgIpc) is 2.61. The Kier molecular flexibility index (Phi) is 9.49. The summed E-state index contributed by atoms with van der Waals surface area (Å²) in [6, 6.07) is 9.37. The molecular formula is C22H33NO2. The van der Waals surface area contributed by atoms with E-state index in [2.05, 4.69) is 18.8 Å². The number of carbonyl (C=O) groups is 1. The number of aliphatic hydroxyl groups is 1. The van der Waals surface area contributed by atoms with Crippen LogP contribution in [0.3, 0.4) is 0 Å². The van der Waals surface area contributed by atoms with Gasteiger partial charge in [-0.15, -0.1) is 5.92 Å². The quantitative estimate of drug-likeness (QED) is 0.515. The zero-order valence-corrected chi connectivity index (χ0v) is 16.2. The monoisotopic (exact) mass is 343 g/mol. The lowest BCUT2D eigenvalue weighted by Crippen LogP contribution is -2.42. The number of rotatable bonds is 10. The molecular weight excluding hydrogens is 310 g/mol. The SMILES string of the molecule is CCCCCC(C)C(O)(C(=O)CCC#CCN(C)C)c1ccccc1. The highest BCUT2D eigenvalue weighted by Crippen LogP contribution is 2.35. The molecule has 2 atom stereocenters. The maximum atomic E-state index is 12.9. The topological polar surface area (TPSA) is 40.5 Å². The molecule has 0 aliphatic rings. The second-order valence-corrected chi connectivity index (χ2v) is 7.04. The fourth-order valence-electron chi connectivity index (χ4n) is 2.99. The molecule has 0 fully saturated rings. The van der Waals surface area contributed by atoms with Gasteiger partial charge in [-0.1, -0.05) is 69.4 Å². The highest BCUT2D eigenvalue weighted by molar-refractivity contribution is 5.88. The van der Waals surface area contributed by atoms with Gasteiger partial charge in [-0.05, 0) is 32.0 Å². The van der Waals surface area contributed by atoms with Gasteiger partial charge in [-0.3, -0.25) is 9.69 Å². The molecule has 138 valence electrons. The normalized spacial score (nSPS) is 14.5. The van der Waals surface area contributed by atoms with Gasteiger partial charge < -0.3 is 5.11 Å². The molecule has 0 spiro atoms. The van der Waals surface area contributed by atoms with E-state index in [0.29, 0.717) is 18.5 Å². The zero-order chi connectivity index (χ0) is 18.7. The molecule has 3 heteroatoms. The molecule has 0 heterocycles. The summed E-state index contributed by atoms with van der Waals surface area (Å²) >= 11 is 0. The molecule has 0 aliphatic heterocycles. The first-order chi connectivity index (χ1) is 11.9. The van der Waals surface area contributed by atoms with Gasteiger partial charge in [-0.2, -0.15) is 0 Å². The van der Waals surface area contributed by atoms with Crippen molar-refractivity contribution in [3.63, 3.8) is 0 Å². The Hall–Kier alpha value is -1.63. The van der Waals surface area contributed by atoms with E-state index in [-0.39, 0.29) is 18.1 Å². The molecule has 0 radical (unpaired) electrons. The van der Waals surface area contributed by atoms with Gasteiger partial charge in [0.25, 0.3) is 0 Å². The average molecular weight is 344 g/mol. The third kappa shape index (κ3) is 6.65. The van der Waals surface area contributed by atoms with Crippen molar-refractivity contribution in [2.75, 3.05) is 20.6 Å². The van der Waals surface area contributed by atoms with Crippen LogP contribution in [0.2, 0.25) is 0 Å². The van der Waals surface area contributed by atoms with Gasteiger partial charge in [0, 0.05) is 12.8 Å². The predicted octanol–water partition coefficient (Wildman–Crippen LogP) is 4.00. The summed E-state index contributed by atoms with van der Waals surface area (Å²) in [6.07, 6.45) is 4.90. The van der Waals surface area contributed by atoms with Gasteiger partial charge in [0.15, 0.2) is 11.4 Å². The molecule has 0 saturated heterocycles. The number of hydrogen-bond acceptors (Lipinski definition) is 3. The first-order valence-corrected chi connectivity index (χ1v) is 9.34. The second-order valence-electron chi connectivity index (χ2n) is 7.04. The summed E-state index contributed by atoms with van der Waals surface area (Å²) in [4.78, 5) is 14.9. The molecule has 0 aromatic heterocycles. The lowest BCUT2D eigenvalue weighted by atomic mass is 9.75. The van der Waals surface area contributed by atoms with Crippen LogP contribution in [0.5, 0.6) is 0 Å². The molecule has 2 unspecified atom stereocenters. The Labute approximate surface area is 153 Å². The molecule has 3 nitrogen and oxygen atoms in total. The first-order valence-electron chi connectivity index (χ1n) is 9.34. The van der Waals surface area contributed by atoms with Gasteiger partial charge >= 0.3 is 0 Å². The number of unbranched alkanes of at least 4 members (excludes halogenated alkanes) is 2. The van der Waals surface area contributed by atoms with E-state index in [0.717, 1.165) is 25.7 Å². The summed E-state index contributed by atoms with van der Waals surface area (Å²) in [6.45, 7) is 4.83. The molecule has 0 bridgehead atoms. The first kappa shape index (κ1) is 21.4. The van der Waals surface area contributed by atoms with Crippen LogP contribution in [0.4, 0.5) is 0 Å². The van der Waals surface area contributed by atoms with Crippen molar-refractivity contribution in [3.8, 4) is 11.8 Å². The zero-order valence-electron chi connectivity index (χ0n) is 16.2. The van der Waals surface area contributed by atoms with Crippen LogP contribution in [0.25, 0.3) is 0 Å². The number of carbonyl (C=O) groups excluding carboxylic acids is 1. The van der Waals surface area contributed by atoms with Crippen molar-refractivity contribution in [1.82, 2.24) is 4.90 Å².